The molecular formula is C17H20ClN. The first-order chi connectivity index (χ1) is 8.88. The molecule has 2 rings (SSSR count). The van der Waals surface area contributed by atoms with E-state index in [1.165, 1.54) is 22.3 Å². The molecule has 1 nitrogen and oxygen atoms in total. The highest BCUT2D eigenvalue weighted by molar-refractivity contribution is 6.30. The third-order valence-corrected chi connectivity index (χ3v) is 3.74. The number of nitrogens with two attached hydrogens (primary N) is 1. The van der Waals surface area contributed by atoms with E-state index in [0.717, 1.165) is 11.4 Å². The molecule has 0 heterocycles. The fourth-order valence-corrected chi connectivity index (χ4v) is 2.60. The Morgan fingerprint density at radius 2 is 1.68 bits per heavy atom. The van der Waals surface area contributed by atoms with Crippen molar-refractivity contribution < 1.29 is 0 Å². The zero-order valence-corrected chi connectivity index (χ0v) is 12.5. The van der Waals surface area contributed by atoms with Gasteiger partial charge in [0.1, 0.15) is 0 Å². The summed E-state index contributed by atoms with van der Waals surface area (Å²) >= 11 is 5.91. The minimum atomic E-state index is -0.371. The Morgan fingerprint density at radius 1 is 1.05 bits per heavy atom. The summed E-state index contributed by atoms with van der Waals surface area (Å²) in [7, 11) is 0. The molecule has 19 heavy (non-hydrogen) atoms. The fourth-order valence-electron chi connectivity index (χ4n) is 2.47. The van der Waals surface area contributed by atoms with Crippen LogP contribution in [0.1, 0.15) is 29.2 Å². The summed E-state index contributed by atoms with van der Waals surface area (Å²) in [6.45, 7) is 6.30. The average molecular weight is 274 g/mol. The molecule has 2 aromatic carbocycles. The Morgan fingerprint density at radius 3 is 2.32 bits per heavy atom. The molecule has 0 bridgehead atoms. The lowest BCUT2D eigenvalue weighted by Crippen LogP contribution is -2.36. The van der Waals surface area contributed by atoms with E-state index in [0.29, 0.717) is 0 Å². The van der Waals surface area contributed by atoms with E-state index in [1.807, 2.05) is 24.3 Å². The molecule has 1 atom stereocenters. The van der Waals surface area contributed by atoms with Gasteiger partial charge in [-0.15, -0.1) is 0 Å². The van der Waals surface area contributed by atoms with Crippen molar-refractivity contribution >= 4 is 11.6 Å². The van der Waals surface area contributed by atoms with Crippen molar-refractivity contribution in [1.29, 1.82) is 0 Å². The summed E-state index contributed by atoms with van der Waals surface area (Å²) < 4.78 is 0. The zero-order valence-electron chi connectivity index (χ0n) is 11.7. The largest absolute Gasteiger partial charge is 0.321 e. The molecular weight excluding hydrogens is 254 g/mol. The third kappa shape index (κ3) is 3.37. The van der Waals surface area contributed by atoms with Crippen LogP contribution in [-0.4, -0.2) is 0 Å². The molecule has 0 aromatic heterocycles. The molecule has 0 amide bonds. The average Bonchev–Trinajstić information content (AvgIpc) is 2.35. The van der Waals surface area contributed by atoms with Gasteiger partial charge in [-0.2, -0.15) is 0 Å². The van der Waals surface area contributed by atoms with Crippen molar-refractivity contribution in [3.05, 3.63) is 69.7 Å². The molecule has 1 unspecified atom stereocenters. The van der Waals surface area contributed by atoms with Gasteiger partial charge >= 0.3 is 0 Å². The van der Waals surface area contributed by atoms with E-state index < -0.39 is 0 Å². The highest BCUT2D eigenvalue weighted by Crippen LogP contribution is 2.27. The summed E-state index contributed by atoms with van der Waals surface area (Å²) in [4.78, 5) is 0. The zero-order chi connectivity index (χ0) is 14.0. The lowest BCUT2D eigenvalue weighted by atomic mass is 9.83. The molecule has 0 aliphatic rings. The predicted molar refractivity (Wildman–Crippen MR) is 82.6 cm³/mol. The van der Waals surface area contributed by atoms with Crippen molar-refractivity contribution in [2.24, 2.45) is 5.73 Å². The van der Waals surface area contributed by atoms with Gasteiger partial charge < -0.3 is 5.73 Å². The number of hydrogen-bond acceptors (Lipinski definition) is 1. The van der Waals surface area contributed by atoms with E-state index >= 15 is 0 Å². The Labute approximate surface area is 120 Å². The molecule has 2 aromatic rings. The van der Waals surface area contributed by atoms with Crippen LogP contribution in [0.5, 0.6) is 0 Å². The minimum absolute atomic E-state index is 0.371. The van der Waals surface area contributed by atoms with Crippen molar-refractivity contribution in [2.45, 2.75) is 32.7 Å². The Bertz CT molecular complexity index is 570. The van der Waals surface area contributed by atoms with Crippen LogP contribution in [0, 0.1) is 13.8 Å². The monoisotopic (exact) mass is 273 g/mol. The van der Waals surface area contributed by atoms with Crippen LogP contribution in [0.15, 0.2) is 42.5 Å². The van der Waals surface area contributed by atoms with Crippen LogP contribution in [0.3, 0.4) is 0 Å². The van der Waals surface area contributed by atoms with Gasteiger partial charge in [0.25, 0.3) is 0 Å². The van der Waals surface area contributed by atoms with E-state index in [9.17, 15) is 0 Å². The van der Waals surface area contributed by atoms with E-state index in [2.05, 4.69) is 39.0 Å². The third-order valence-electron chi connectivity index (χ3n) is 3.49. The van der Waals surface area contributed by atoms with Crippen molar-refractivity contribution in [1.82, 2.24) is 0 Å². The Kier molecular flexibility index (Phi) is 3.98. The molecule has 0 fully saturated rings. The van der Waals surface area contributed by atoms with Gasteiger partial charge in [-0.25, -0.2) is 0 Å². The van der Waals surface area contributed by atoms with Crippen molar-refractivity contribution in [2.75, 3.05) is 0 Å². The number of rotatable bonds is 3. The molecule has 0 saturated carbocycles. The second-order valence-corrected chi connectivity index (χ2v) is 5.98. The normalized spacial score (nSPS) is 14.2. The summed E-state index contributed by atoms with van der Waals surface area (Å²) in [5.41, 5.74) is 11.1. The van der Waals surface area contributed by atoms with Crippen molar-refractivity contribution in [3.8, 4) is 0 Å². The Balaban J connectivity index is 2.31. The molecule has 100 valence electrons. The molecule has 0 radical (unpaired) electrons. The van der Waals surface area contributed by atoms with Crippen LogP contribution in [0.2, 0.25) is 5.02 Å². The van der Waals surface area contributed by atoms with Gasteiger partial charge in [0.15, 0.2) is 0 Å². The molecule has 2 heteroatoms. The van der Waals surface area contributed by atoms with Gasteiger partial charge in [0, 0.05) is 10.6 Å². The van der Waals surface area contributed by atoms with Crippen LogP contribution in [0.25, 0.3) is 0 Å². The summed E-state index contributed by atoms with van der Waals surface area (Å²) in [6, 6.07) is 14.4. The summed E-state index contributed by atoms with van der Waals surface area (Å²) in [6.07, 6.45) is 0.800. The predicted octanol–water partition coefficient (Wildman–Crippen LogP) is 4.37. The Hall–Kier alpha value is -1.31. The lowest BCUT2D eigenvalue weighted by molar-refractivity contribution is 0.488. The quantitative estimate of drug-likeness (QED) is 0.883. The van der Waals surface area contributed by atoms with Gasteiger partial charge in [0.2, 0.25) is 0 Å². The molecule has 0 spiro atoms. The maximum Gasteiger partial charge on any atom is 0.0424 e. The van der Waals surface area contributed by atoms with E-state index in [4.69, 9.17) is 17.3 Å². The van der Waals surface area contributed by atoms with Gasteiger partial charge in [-0.3, -0.25) is 0 Å². The van der Waals surface area contributed by atoms with Gasteiger partial charge in [0.05, 0.1) is 0 Å². The van der Waals surface area contributed by atoms with Crippen LogP contribution in [-0.2, 0) is 12.0 Å². The van der Waals surface area contributed by atoms with Gasteiger partial charge in [-0.05, 0) is 56.0 Å². The first-order valence-corrected chi connectivity index (χ1v) is 6.87. The summed E-state index contributed by atoms with van der Waals surface area (Å²) in [5.74, 6) is 0. The van der Waals surface area contributed by atoms with E-state index in [-0.39, 0.29) is 5.54 Å². The number of benzene rings is 2. The first kappa shape index (κ1) is 14.1. The van der Waals surface area contributed by atoms with Crippen molar-refractivity contribution in [3.63, 3.8) is 0 Å². The van der Waals surface area contributed by atoms with Crippen LogP contribution >= 0.6 is 11.6 Å². The fraction of sp³-hybridized carbons (Fsp3) is 0.294. The number of halogens is 1. The van der Waals surface area contributed by atoms with Gasteiger partial charge in [-0.1, -0.05) is 47.5 Å². The maximum absolute atomic E-state index is 6.54. The number of aryl methyl sites for hydroxylation is 2. The SMILES string of the molecule is Cc1ccc(C)c(C(C)(N)Cc2ccc(Cl)cc2)c1. The highest BCUT2D eigenvalue weighted by atomic mass is 35.5. The van der Waals surface area contributed by atoms with Crippen LogP contribution < -0.4 is 5.73 Å². The van der Waals surface area contributed by atoms with E-state index in [1.54, 1.807) is 0 Å². The maximum atomic E-state index is 6.54. The smallest absolute Gasteiger partial charge is 0.0424 e. The number of hydrogen-bond donors (Lipinski definition) is 1. The minimum Gasteiger partial charge on any atom is -0.321 e. The molecule has 0 saturated heterocycles. The lowest BCUT2D eigenvalue weighted by Gasteiger charge is -2.28. The second-order valence-electron chi connectivity index (χ2n) is 5.54. The first-order valence-electron chi connectivity index (χ1n) is 6.49. The highest BCUT2D eigenvalue weighted by Gasteiger charge is 2.23. The topological polar surface area (TPSA) is 26.0 Å². The van der Waals surface area contributed by atoms with Crippen LogP contribution in [0.4, 0.5) is 0 Å². The summed E-state index contributed by atoms with van der Waals surface area (Å²) in [5, 5.41) is 0.759. The molecule has 2 N–H and O–H groups in total. The molecule has 0 aliphatic heterocycles. The standard InChI is InChI=1S/C17H20ClN/c1-12-4-5-13(2)16(10-12)17(3,19)11-14-6-8-15(18)9-7-14/h4-10H,11,19H2,1-3H3. The second kappa shape index (κ2) is 5.36. The molecule has 0 aliphatic carbocycles.